The molecule has 0 saturated carbocycles. The van der Waals surface area contributed by atoms with Gasteiger partial charge in [-0.15, -0.1) is 0 Å². The van der Waals surface area contributed by atoms with Crippen molar-refractivity contribution < 1.29 is 11.3 Å². The normalized spacial score (nSPS) is 12.9. The van der Waals surface area contributed by atoms with Crippen LogP contribution < -0.4 is 0 Å². The average molecular weight is 557 g/mol. The summed E-state index contributed by atoms with van der Waals surface area (Å²) in [6.07, 6.45) is 0. The lowest BCUT2D eigenvalue weighted by Gasteiger charge is -2.08. The van der Waals surface area contributed by atoms with E-state index in [0.29, 0.717) is 34.2 Å². The second-order valence-electron chi connectivity index (χ2n) is 10.1. The number of hydrogen-bond acceptors (Lipinski definition) is 4. The van der Waals surface area contributed by atoms with Crippen molar-refractivity contribution in [2.45, 2.75) is 0 Å². The molecule has 6 aromatic carbocycles. The molecule has 8 rings (SSSR count). The Bertz CT molecular complexity index is 2410. The summed E-state index contributed by atoms with van der Waals surface area (Å²) in [5.74, 6) is 1.62. The zero-order valence-corrected chi connectivity index (χ0v) is 22.8. The second kappa shape index (κ2) is 10.5. The van der Waals surface area contributed by atoms with Crippen LogP contribution in [-0.2, 0) is 0 Å². The Morgan fingerprint density at radius 2 is 0.907 bits per heavy atom. The first kappa shape index (κ1) is 20.1. The molecule has 0 saturated heterocycles. The van der Waals surface area contributed by atoms with Gasteiger partial charge >= 0.3 is 0 Å². The van der Waals surface area contributed by atoms with E-state index in [1.54, 1.807) is 12.1 Å². The first-order valence-electron chi connectivity index (χ1n) is 16.4. The Labute approximate surface area is 256 Å². The zero-order valence-electron chi connectivity index (χ0n) is 27.8. The van der Waals surface area contributed by atoms with E-state index in [1.807, 2.05) is 109 Å². The van der Waals surface area contributed by atoms with Gasteiger partial charge in [0, 0.05) is 27.5 Å². The molecule has 0 N–H and O–H groups in total. The number of fused-ring (bicyclic) bond motifs is 3. The molecule has 0 aliphatic heterocycles. The number of benzene rings is 6. The standard InChI is InChI=1S/C39H25N3O/c1-4-12-26(13-5-1)27-22-24-28(25-23-27)31-18-10-19-32-33-20-11-21-34(36(33)43-35(31)32)39-41-37(29-14-6-2-7-15-29)40-38(42-39)30-16-8-3-9-17-30/h1-25H/i1D,4D,5D,12D,13D. The summed E-state index contributed by atoms with van der Waals surface area (Å²) in [6, 6.07) is 37.3. The zero-order chi connectivity index (χ0) is 32.9. The van der Waals surface area contributed by atoms with Crippen molar-refractivity contribution in [1.29, 1.82) is 0 Å². The van der Waals surface area contributed by atoms with Crippen molar-refractivity contribution in [2.75, 3.05) is 0 Å². The number of para-hydroxylation sites is 2. The first-order valence-corrected chi connectivity index (χ1v) is 13.9. The fourth-order valence-electron chi connectivity index (χ4n) is 5.36. The Morgan fingerprint density at radius 3 is 1.51 bits per heavy atom. The molecule has 0 bridgehead atoms. The summed E-state index contributed by atoms with van der Waals surface area (Å²) < 4.78 is 47.5. The number of nitrogens with zero attached hydrogens (tertiary/aromatic N) is 3. The third-order valence-electron chi connectivity index (χ3n) is 7.45. The SMILES string of the molecule is [2H]c1c([2H])c([2H])c(-c2ccc(-c3cccc4c3oc3c(-c5nc(-c6ccccc6)nc(-c6ccccc6)n5)cccc34)cc2)c([2H])c1[2H]. The molecule has 0 amide bonds. The molecular weight excluding hydrogens is 526 g/mol. The van der Waals surface area contributed by atoms with Gasteiger partial charge in [0.1, 0.15) is 11.2 Å². The third kappa shape index (κ3) is 4.55. The van der Waals surface area contributed by atoms with Gasteiger partial charge in [-0.2, -0.15) is 0 Å². The fourth-order valence-corrected chi connectivity index (χ4v) is 5.36. The van der Waals surface area contributed by atoms with Crippen molar-refractivity contribution in [1.82, 2.24) is 15.0 Å². The summed E-state index contributed by atoms with van der Waals surface area (Å²) in [7, 11) is 0. The smallest absolute Gasteiger partial charge is 0.167 e. The van der Waals surface area contributed by atoms with Gasteiger partial charge in [-0.3, -0.25) is 0 Å². The van der Waals surface area contributed by atoms with Crippen LogP contribution in [-0.4, -0.2) is 15.0 Å². The summed E-state index contributed by atoms with van der Waals surface area (Å²) in [6.45, 7) is 0. The monoisotopic (exact) mass is 556 g/mol. The molecule has 43 heavy (non-hydrogen) atoms. The van der Waals surface area contributed by atoms with Gasteiger partial charge in [0.05, 0.1) is 12.4 Å². The van der Waals surface area contributed by atoms with Gasteiger partial charge in [0.15, 0.2) is 17.5 Å². The Kier molecular flexibility index (Phi) is 4.91. The van der Waals surface area contributed by atoms with Crippen molar-refractivity contribution in [2.24, 2.45) is 0 Å². The predicted octanol–water partition coefficient (Wildman–Crippen LogP) is 10.1. The van der Waals surface area contributed by atoms with Crippen LogP contribution in [0.5, 0.6) is 0 Å². The van der Waals surface area contributed by atoms with Crippen LogP contribution in [0.15, 0.2) is 156 Å². The summed E-state index contributed by atoms with van der Waals surface area (Å²) in [4.78, 5) is 14.7. The Morgan fingerprint density at radius 1 is 0.395 bits per heavy atom. The van der Waals surface area contributed by atoms with Crippen molar-refractivity contribution in [3.8, 4) is 56.4 Å². The van der Waals surface area contributed by atoms with Gasteiger partial charge < -0.3 is 4.42 Å². The van der Waals surface area contributed by atoms with E-state index < -0.39 is 6.04 Å². The van der Waals surface area contributed by atoms with Crippen LogP contribution in [0.4, 0.5) is 0 Å². The van der Waals surface area contributed by atoms with Crippen LogP contribution in [0.1, 0.15) is 6.85 Å². The van der Waals surface area contributed by atoms with E-state index in [1.165, 1.54) is 0 Å². The molecule has 4 nitrogen and oxygen atoms in total. The predicted molar refractivity (Wildman–Crippen MR) is 174 cm³/mol. The molecule has 8 aromatic rings. The lowest BCUT2D eigenvalue weighted by atomic mass is 9.99. The molecule has 0 fully saturated rings. The van der Waals surface area contributed by atoms with Crippen LogP contribution in [0, 0.1) is 0 Å². The van der Waals surface area contributed by atoms with Crippen molar-refractivity contribution in [3.05, 3.63) is 152 Å². The van der Waals surface area contributed by atoms with E-state index >= 15 is 0 Å². The third-order valence-corrected chi connectivity index (χ3v) is 7.45. The molecule has 0 atom stereocenters. The molecule has 202 valence electrons. The molecule has 0 radical (unpaired) electrons. The second-order valence-corrected chi connectivity index (χ2v) is 10.1. The number of aromatic nitrogens is 3. The first-order chi connectivity index (χ1) is 23.4. The maximum atomic E-state index is 8.37. The molecule has 0 spiro atoms. The number of hydrogen-bond donors (Lipinski definition) is 0. The molecule has 0 aliphatic rings. The van der Waals surface area contributed by atoms with E-state index in [4.69, 9.17) is 26.2 Å². The van der Waals surface area contributed by atoms with E-state index in [2.05, 4.69) is 0 Å². The maximum absolute atomic E-state index is 8.37. The maximum Gasteiger partial charge on any atom is 0.167 e. The molecule has 4 heteroatoms. The molecule has 2 heterocycles. The molecule has 2 aromatic heterocycles. The van der Waals surface area contributed by atoms with Gasteiger partial charge in [-0.25, -0.2) is 15.0 Å². The van der Waals surface area contributed by atoms with Crippen LogP contribution in [0.3, 0.4) is 0 Å². The van der Waals surface area contributed by atoms with E-state index in [0.717, 1.165) is 38.6 Å². The molecule has 0 unspecified atom stereocenters. The summed E-state index contributed by atoms with van der Waals surface area (Å²) in [5, 5.41) is 1.85. The van der Waals surface area contributed by atoms with E-state index in [9.17, 15) is 0 Å². The molecule has 0 aliphatic carbocycles. The average Bonchev–Trinajstić information content (AvgIpc) is 3.53. The Balaban J connectivity index is 1.27. The summed E-state index contributed by atoms with van der Waals surface area (Å²) >= 11 is 0. The minimum absolute atomic E-state index is 0.168. The fraction of sp³-hybridized carbons (Fsp3) is 0. The highest BCUT2D eigenvalue weighted by Crippen LogP contribution is 2.40. The number of rotatable bonds is 5. The highest BCUT2D eigenvalue weighted by Gasteiger charge is 2.19. The lowest BCUT2D eigenvalue weighted by Crippen LogP contribution is -2.00. The van der Waals surface area contributed by atoms with Gasteiger partial charge in [0.25, 0.3) is 0 Å². The highest BCUT2D eigenvalue weighted by molar-refractivity contribution is 6.12. The minimum Gasteiger partial charge on any atom is -0.455 e. The van der Waals surface area contributed by atoms with Crippen molar-refractivity contribution >= 4 is 21.9 Å². The van der Waals surface area contributed by atoms with Crippen LogP contribution >= 0.6 is 0 Å². The largest absolute Gasteiger partial charge is 0.455 e. The number of furan rings is 1. The van der Waals surface area contributed by atoms with Gasteiger partial charge in [-0.05, 0) is 22.8 Å². The quantitative estimate of drug-likeness (QED) is 0.212. The van der Waals surface area contributed by atoms with Gasteiger partial charge in [-0.1, -0.05) is 145 Å². The highest BCUT2D eigenvalue weighted by atomic mass is 16.3. The summed E-state index contributed by atoms with van der Waals surface area (Å²) in [5.41, 5.74) is 6.25. The minimum atomic E-state index is -0.411. The van der Waals surface area contributed by atoms with E-state index in [-0.39, 0.29) is 29.7 Å². The molecular formula is C39H25N3O. The lowest BCUT2D eigenvalue weighted by molar-refractivity contribution is 0.670. The Hall–Kier alpha value is -5.87. The van der Waals surface area contributed by atoms with Crippen LogP contribution in [0.25, 0.3) is 78.4 Å². The van der Waals surface area contributed by atoms with Gasteiger partial charge in [0.2, 0.25) is 0 Å². The van der Waals surface area contributed by atoms with Crippen molar-refractivity contribution in [3.63, 3.8) is 0 Å². The topological polar surface area (TPSA) is 51.8 Å². The van der Waals surface area contributed by atoms with Crippen LogP contribution in [0.2, 0.25) is 0 Å².